The molecule has 0 spiro atoms. The lowest BCUT2D eigenvalue weighted by molar-refractivity contribution is 0.0951. The Balaban J connectivity index is 1.91. The summed E-state index contributed by atoms with van der Waals surface area (Å²) in [6.07, 6.45) is 1.65. The fourth-order valence-electron chi connectivity index (χ4n) is 2.18. The van der Waals surface area contributed by atoms with E-state index in [9.17, 15) is 4.79 Å². The quantitative estimate of drug-likeness (QED) is 0.823. The molecule has 0 aliphatic heterocycles. The molecule has 2 aromatic rings. The number of anilines is 1. The van der Waals surface area contributed by atoms with Crippen molar-refractivity contribution >= 4 is 11.7 Å². The van der Waals surface area contributed by atoms with Crippen LogP contribution in [0.2, 0.25) is 0 Å². The average molecular weight is 312 g/mol. The maximum absolute atomic E-state index is 12.3. The molecular weight excluding hydrogens is 288 g/mol. The predicted molar refractivity (Wildman–Crippen MR) is 93.6 cm³/mol. The normalized spacial score (nSPS) is 10.6. The zero-order valence-corrected chi connectivity index (χ0v) is 14.0. The molecule has 0 fully saturated rings. The maximum atomic E-state index is 12.3. The summed E-state index contributed by atoms with van der Waals surface area (Å²) in [5.41, 5.74) is 2.89. The monoisotopic (exact) mass is 312 g/mol. The van der Waals surface area contributed by atoms with Gasteiger partial charge in [-0.1, -0.05) is 29.8 Å². The highest BCUT2D eigenvalue weighted by atomic mass is 16.1. The SMILES string of the molecule is Cc1cccc(CNC(=O)c2ccnc(NCCN(C)C)c2)c1. The van der Waals surface area contributed by atoms with Gasteiger partial charge in [-0.3, -0.25) is 4.79 Å². The zero-order chi connectivity index (χ0) is 16.7. The average Bonchev–Trinajstić information content (AvgIpc) is 2.52. The molecule has 122 valence electrons. The molecule has 0 saturated carbocycles. The van der Waals surface area contributed by atoms with Gasteiger partial charge in [0.1, 0.15) is 5.82 Å². The summed E-state index contributed by atoms with van der Waals surface area (Å²) in [6.45, 7) is 4.26. The van der Waals surface area contributed by atoms with Gasteiger partial charge in [0.05, 0.1) is 0 Å². The molecule has 1 aromatic heterocycles. The molecule has 0 bridgehead atoms. The van der Waals surface area contributed by atoms with Crippen molar-refractivity contribution in [2.45, 2.75) is 13.5 Å². The van der Waals surface area contributed by atoms with Crippen molar-refractivity contribution in [3.05, 3.63) is 59.3 Å². The smallest absolute Gasteiger partial charge is 0.251 e. The predicted octanol–water partition coefficient (Wildman–Crippen LogP) is 2.29. The van der Waals surface area contributed by atoms with E-state index in [1.54, 1.807) is 18.3 Å². The molecule has 1 heterocycles. The van der Waals surface area contributed by atoms with Crippen LogP contribution in [0, 0.1) is 6.92 Å². The number of aromatic nitrogens is 1. The lowest BCUT2D eigenvalue weighted by Gasteiger charge is -2.11. The minimum Gasteiger partial charge on any atom is -0.369 e. The third-order valence-corrected chi connectivity index (χ3v) is 3.42. The first kappa shape index (κ1) is 17.0. The highest BCUT2D eigenvalue weighted by Gasteiger charge is 2.07. The first-order valence-electron chi connectivity index (χ1n) is 7.73. The number of carbonyl (C=O) groups excluding carboxylic acids is 1. The van der Waals surface area contributed by atoms with Crippen LogP contribution >= 0.6 is 0 Å². The summed E-state index contributed by atoms with van der Waals surface area (Å²) in [5.74, 6) is 0.625. The number of aryl methyl sites for hydroxylation is 1. The molecule has 1 aromatic carbocycles. The standard InChI is InChI=1S/C18H24N4O/c1-14-5-4-6-15(11-14)13-21-18(23)16-7-8-19-17(12-16)20-9-10-22(2)3/h4-8,11-12H,9-10,13H2,1-3H3,(H,19,20)(H,21,23). The Morgan fingerprint density at radius 1 is 1.22 bits per heavy atom. The minimum absolute atomic E-state index is 0.0930. The molecular formula is C18H24N4O. The molecule has 0 unspecified atom stereocenters. The molecule has 2 N–H and O–H groups in total. The Hall–Kier alpha value is -2.40. The minimum atomic E-state index is -0.0930. The Bertz CT molecular complexity index is 655. The van der Waals surface area contributed by atoms with Crippen molar-refractivity contribution in [1.82, 2.24) is 15.2 Å². The number of benzene rings is 1. The molecule has 5 heteroatoms. The van der Waals surface area contributed by atoms with Crippen molar-refractivity contribution in [3.63, 3.8) is 0 Å². The highest BCUT2D eigenvalue weighted by Crippen LogP contribution is 2.08. The summed E-state index contributed by atoms with van der Waals surface area (Å²) in [4.78, 5) is 18.6. The van der Waals surface area contributed by atoms with Crippen LogP contribution in [0.1, 0.15) is 21.5 Å². The summed E-state index contributed by atoms with van der Waals surface area (Å²) in [7, 11) is 4.04. The third-order valence-electron chi connectivity index (χ3n) is 3.42. The van der Waals surface area contributed by atoms with Gasteiger partial charge in [0.25, 0.3) is 5.91 Å². The maximum Gasteiger partial charge on any atom is 0.251 e. The van der Waals surface area contributed by atoms with Gasteiger partial charge in [-0.15, -0.1) is 0 Å². The third kappa shape index (κ3) is 5.71. The topological polar surface area (TPSA) is 57.3 Å². The zero-order valence-electron chi connectivity index (χ0n) is 14.0. The highest BCUT2D eigenvalue weighted by molar-refractivity contribution is 5.94. The van der Waals surface area contributed by atoms with Crippen LogP contribution in [0.4, 0.5) is 5.82 Å². The number of hydrogen-bond acceptors (Lipinski definition) is 4. The van der Waals surface area contributed by atoms with Crippen LogP contribution in [0.5, 0.6) is 0 Å². The molecule has 1 amide bonds. The van der Waals surface area contributed by atoms with Crippen LogP contribution in [0.25, 0.3) is 0 Å². The second-order valence-electron chi connectivity index (χ2n) is 5.83. The van der Waals surface area contributed by atoms with Gasteiger partial charge in [-0.05, 0) is 38.7 Å². The van der Waals surface area contributed by atoms with Crippen LogP contribution in [0.15, 0.2) is 42.6 Å². The van der Waals surface area contributed by atoms with Crippen LogP contribution in [-0.4, -0.2) is 43.0 Å². The number of rotatable bonds is 7. The molecule has 0 aliphatic rings. The Morgan fingerprint density at radius 2 is 2.04 bits per heavy atom. The van der Waals surface area contributed by atoms with Crippen LogP contribution < -0.4 is 10.6 Å². The number of pyridine rings is 1. The summed E-state index contributed by atoms with van der Waals surface area (Å²) < 4.78 is 0. The van der Waals surface area contributed by atoms with E-state index in [4.69, 9.17) is 0 Å². The Kier molecular flexibility index (Phi) is 6.11. The van der Waals surface area contributed by atoms with Crippen molar-refractivity contribution in [2.24, 2.45) is 0 Å². The molecule has 0 radical (unpaired) electrons. The van der Waals surface area contributed by atoms with Gasteiger partial charge in [0.2, 0.25) is 0 Å². The Morgan fingerprint density at radius 3 is 2.78 bits per heavy atom. The van der Waals surface area contributed by atoms with E-state index >= 15 is 0 Å². The van der Waals surface area contributed by atoms with Crippen molar-refractivity contribution in [2.75, 3.05) is 32.5 Å². The number of likely N-dealkylation sites (N-methyl/N-ethyl adjacent to an activating group) is 1. The van der Waals surface area contributed by atoms with Gasteiger partial charge in [-0.2, -0.15) is 0 Å². The van der Waals surface area contributed by atoms with Gasteiger partial charge in [0, 0.05) is 31.4 Å². The van der Waals surface area contributed by atoms with E-state index in [0.29, 0.717) is 12.1 Å². The second-order valence-corrected chi connectivity index (χ2v) is 5.83. The fraction of sp³-hybridized carbons (Fsp3) is 0.333. The largest absolute Gasteiger partial charge is 0.369 e. The summed E-state index contributed by atoms with van der Waals surface area (Å²) >= 11 is 0. The number of nitrogens with one attached hydrogen (secondary N) is 2. The van der Waals surface area contributed by atoms with Crippen LogP contribution in [-0.2, 0) is 6.54 Å². The van der Waals surface area contributed by atoms with Gasteiger partial charge in [-0.25, -0.2) is 4.98 Å². The lowest BCUT2D eigenvalue weighted by atomic mass is 10.1. The molecule has 2 rings (SSSR count). The molecule has 23 heavy (non-hydrogen) atoms. The summed E-state index contributed by atoms with van der Waals surface area (Å²) in [5, 5.41) is 6.16. The van der Waals surface area contributed by atoms with E-state index in [1.807, 2.05) is 39.2 Å². The fourth-order valence-corrected chi connectivity index (χ4v) is 2.18. The lowest BCUT2D eigenvalue weighted by Crippen LogP contribution is -2.23. The number of carbonyl (C=O) groups is 1. The number of amides is 1. The van der Waals surface area contributed by atoms with Crippen molar-refractivity contribution in [1.29, 1.82) is 0 Å². The van der Waals surface area contributed by atoms with Gasteiger partial charge < -0.3 is 15.5 Å². The van der Waals surface area contributed by atoms with Crippen LogP contribution in [0.3, 0.4) is 0 Å². The van der Waals surface area contributed by atoms with E-state index in [-0.39, 0.29) is 5.91 Å². The van der Waals surface area contributed by atoms with Gasteiger partial charge in [0.15, 0.2) is 0 Å². The van der Waals surface area contributed by atoms with Gasteiger partial charge >= 0.3 is 0 Å². The first-order chi connectivity index (χ1) is 11.0. The number of hydrogen-bond donors (Lipinski definition) is 2. The van der Waals surface area contributed by atoms with E-state index < -0.39 is 0 Å². The van der Waals surface area contributed by atoms with E-state index in [2.05, 4.69) is 26.6 Å². The molecule has 5 nitrogen and oxygen atoms in total. The Labute approximate surface area is 137 Å². The summed E-state index contributed by atoms with van der Waals surface area (Å²) in [6, 6.07) is 11.6. The molecule has 0 aliphatic carbocycles. The van der Waals surface area contributed by atoms with Crippen molar-refractivity contribution < 1.29 is 4.79 Å². The second kappa shape index (κ2) is 8.29. The van der Waals surface area contributed by atoms with Crippen molar-refractivity contribution in [3.8, 4) is 0 Å². The number of nitrogens with zero attached hydrogens (tertiary/aromatic N) is 2. The van der Waals surface area contributed by atoms with E-state index in [0.717, 1.165) is 24.5 Å². The molecule has 0 saturated heterocycles. The van der Waals surface area contributed by atoms with E-state index in [1.165, 1.54) is 5.56 Å². The molecule has 0 atom stereocenters. The first-order valence-corrected chi connectivity index (χ1v) is 7.73.